The quantitative estimate of drug-likeness (QED) is 0.811. The van der Waals surface area contributed by atoms with Crippen LogP contribution >= 0.6 is 0 Å². The number of rotatable bonds is 5. The Balaban J connectivity index is 2.73. The zero-order chi connectivity index (χ0) is 15.2. The fraction of sp³-hybridized carbons (Fsp3) is 0.429. The van der Waals surface area contributed by atoms with Crippen molar-refractivity contribution >= 4 is 9.84 Å². The molecule has 0 spiro atoms. The molecular formula is C14H18FNO3S. The summed E-state index contributed by atoms with van der Waals surface area (Å²) in [5, 5.41) is 8.62. The number of aliphatic hydroxyl groups is 1. The van der Waals surface area contributed by atoms with Crippen LogP contribution in [0.25, 0.3) is 0 Å². The summed E-state index contributed by atoms with van der Waals surface area (Å²) in [6.45, 7) is 0.593. The minimum atomic E-state index is -2.99. The van der Waals surface area contributed by atoms with Gasteiger partial charge in [-0.3, -0.25) is 0 Å². The molecule has 0 amide bonds. The second kappa shape index (κ2) is 7.39. The van der Waals surface area contributed by atoms with Crippen LogP contribution in [0.3, 0.4) is 0 Å². The molecule has 0 atom stereocenters. The third kappa shape index (κ3) is 6.15. The summed E-state index contributed by atoms with van der Waals surface area (Å²) in [4.78, 5) is 1.84. The lowest BCUT2D eigenvalue weighted by Crippen LogP contribution is -2.24. The Morgan fingerprint density at radius 1 is 1.40 bits per heavy atom. The van der Waals surface area contributed by atoms with E-state index >= 15 is 0 Å². The Labute approximate surface area is 119 Å². The van der Waals surface area contributed by atoms with Gasteiger partial charge in [-0.25, -0.2) is 12.8 Å². The Bertz CT molecular complexity index is 617. The van der Waals surface area contributed by atoms with Gasteiger partial charge >= 0.3 is 0 Å². The predicted molar refractivity (Wildman–Crippen MR) is 76.4 cm³/mol. The molecule has 0 radical (unpaired) electrons. The molecule has 0 fully saturated rings. The fourth-order valence-electron chi connectivity index (χ4n) is 1.61. The standard InChI is InChI=1S/C14H18FNO3S/c1-16(7-9-20(2,18)19)11-12-5-6-14(15)13(10-12)4-3-8-17/h5-6,10,17H,7-9,11H2,1-2H3. The Kier molecular flexibility index (Phi) is 6.14. The second-order valence-electron chi connectivity index (χ2n) is 4.64. The van der Waals surface area contributed by atoms with Gasteiger partial charge in [-0.05, 0) is 24.7 Å². The molecule has 1 rings (SSSR count). The molecule has 20 heavy (non-hydrogen) atoms. The van der Waals surface area contributed by atoms with E-state index in [9.17, 15) is 12.8 Å². The van der Waals surface area contributed by atoms with E-state index in [1.807, 2.05) is 4.90 Å². The number of hydrogen-bond donors (Lipinski definition) is 1. The summed E-state index contributed by atoms with van der Waals surface area (Å²) >= 11 is 0. The molecule has 0 aromatic heterocycles. The van der Waals surface area contributed by atoms with E-state index in [2.05, 4.69) is 11.8 Å². The van der Waals surface area contributed by atoms with Gasteiger partial charge in [0.1, 0.15) is 22.3 Å². The van der Waals surface area contributed by atoms with E-state index < -0.39 is 15.7 Å². The van der Waals surface area contributed by atoms with Crippen LogP contribution in [0.2, 0.25) is 0 Å². The average Bonchev–Trinajstić information content (AvgIpc) is 2.36. The van der Waals surface area contributed by atoms with Crippen molar-refractivity contribution < 1.29 is 17.9 Å². The predicted octanol–water partition coefficient (Wildman–Crippen LogP) is 0.646. The zero-order valence-corrected chi connectivity index (χ0v) is 12.4. The molecule has 0 aliphatic heterocycles. The van der Waals surface area contributed by atoms with E-state index in [-0.39, 0.29) is 17.9 Å². The van der Waals surface area contributed by atoms with Crippen molar-refractivity contribution in [3.63, 3.8) is 0 Å². The van der Waals surface area contributed by atoms with Crippen LogP contribution in [0.5, 0.6) is 0 Å². The summed E-state index contributed by atoms with van der Waals surface area (Å²) in [5.74, 6) is 4.60. The molecule has 0 saturated heterocycles. The number of nitrogens with zero attached hydrogens (tertiary/aromatic N) is 1. The second-order valence-corrected chi connectivity index (χ2v) is 6.90. The van der Waals surface area contributed by atoms with E-state index in [1.54, 1.807) is 19.2 Å². The molecule has 0 saturated carbocycles. The van der Waals surface area contributed by atoms with Crippen LogP contribution < -0.4 is 0 Å². The first-order valence-corrected chi connectivity index (χ1v) is 8.12. The normalized spacial score (nSPS) is 11.2. The van der Waals surface area contributed by atoms with Crippen LogP contribution in [0.1, 0.15) is 11.1 Å². The average molecular weight is 299 g/mol. The highest BCUT2D eigenvalue weighted by Gasteiger charge is 2.07. The molecule has 6 heteroatoms. The third-order valence-corrected chi connectivity index (χ3v) is 3.55. The van der Waals surface area contributed by atoms with Gasteiger partial charge in [0, 0.05) is 19.3 Å². The SMILES string of the molecule is CN(CCS(C)(=O)=O)Cc1ccc(F)c(C#CCO)c1. The van der Waals surface area contributed by atoms with Gasteiger partial charge in [-0.15, -0.1) is 0 Å². The van der Waals surface area contributed by atoms with Crippen LogP contribution in [0, 0.1) is 17.7 Å². The first-order chi connectivity index (χ1) is 9.31. The molecule has 1 aromatic carbocycles. The molecule has 0 aliphatic rings. The largest absolute Gasteiger partial charge is 0.384 e. The van der Waals surface area contributed by atoms with Crippen molar-refractivity contribution in [3.05, 3.63) is 35.1 Å². The first-order valence-electron chi connectivity index (χ1n) is 6.06. The highest BCUT2D eigenvalue weighted by atomic mass is 32.2. The lowest BCUT2D eigenvalue weighted by atomic mass is 10.1. The molecule has 1 aromatic rings. The molecule has 4 nitrogen and oxygen atoms in total. The number of halogens is 1. The summed E-state index contributed by atoms with van der Waals surface area (Å²) in [7, 11) is -1.19. The van der Waals surface area contributed by atoms with Gasteiger partial charge in [0.15, 0.2) is 0 Å². The molecule has 0 heterocycles. The van der Waals surface area contributed by atoms with E-state index in [0.29, 0.717) is 13.1 Å². The van der Waals surface area contributed by atoms with Crippen molar-refractivity contribution in [2.75, 3.05) is 32.2 Å². The Morgan fingerprint density at radius 2 is 2.10 bits per heavy atom. The Hall–Kier alpha value is -1.42. The van der Waals surface area contributed by atoms with Crippen molar-refractivity contribution in [3.8, 4) is 11.8 Å². The number of hydrogen-bond acceptors (Lipinski definition) is 4. The monoisotopic (exact) mass is 299 g/mol. The van der Waals surface area contributed by atoms with Gasteiger partial charge in [-0.2, -0.15) is 0 Å². The third-order valence-electron chi connectivity index (χ3n) is 2.63. The molecular weight excluding hydrogens is 281 g/mol. The molecule has 0 bridgehead atoms. The van der Waals surface area contributed by atoms with E-state index in [4.69, 9.17) is 5.11 Å². The van der Waals surface area contributed by atoms with Crippen LogP contribution in [0.4, 0.5) is 4.39 Å². The van der Waals surface area contributed by atoms with Crippen molar-refractivity contribution in [2.45, 2.75) is 6.54 Å². The Morgan fingerprint density at radius 3 is 2.70 bits per heavy atom. The van der Waals surface area contributed by atoms with Crippen molar-refractivity contribution in [1.82, 2.24) is 4.90 Å². The minimum absolute atomic E-state index is 0.0852. The highest BCUT2D eigenvalue weighted by Crippen LogP contribution is 2.11. The lowest BCUT2D eigenvalue weighted by molar-refractivity contribution is 0.346. The molecule has 1 N–H and O–H groups in total. The first kappa shape index (κ1) is 16.6. The van der Waals surface area contributed by atoms with E-state index in [0.717, 1.165) is 5.56 Å². The summed E-state index contributed by atoms with van der Waals surface area (Å²) in [6, 6.07) is 4.56. The zero-order valence-electron chi connectivity index (χ0n) is 11.6. The number of sulfone groups is 1. The van der Waals surface area contributed by atoms with Gasteiger partial charge in [0.2, 0.25) is 0 Å². The fourth-order valence-corrected chi connectivity index (χ4v) is 2.26. The molecule has 110 valence electrons. The van der Waals surface area contributed by atoms with Gasteiger partial charge in [0.05, 0.1) is 11.3 Å². The van der Waals surface area contributed by atoms with Crippen molar-refractivity contribution in [1.29, 1.82) is 0 Å². The van der Waals surface area contributed by atoms with Crippen LogP contribution in [0.15, 0.2) is 18.2 Å². The van der Waals surface area contributed by atoms with Crippen LogP contribution in [-0.2, 0) is 16.4 Å². The van der Waals surface area contributed by atoms with Crippen molar-refractivity contribution in [2.24, 2.45) is 0 Å². The molecule has 0 unspecified atom stereocenters. The highest BCUT2D eigenvalue weighted by molar-refractivity contribution is 7.90. The van der Waals surface area contributed by atoms with Gasteiger partial charge < -0.3 is 10.0 Å². The lowest BCUT2D eigenvalue weighted by Gasteiger charge is -2.16. The summed E-state index contributed by atoms with van der Waals surface area (Å²) in [5.41, 5.74) is 1.07. The maximum absolute atomic E-state index is 13.5. The number of benzene rings is 1. The summed E-state index contributed by atoms with van der Waals surface area (Å²) < 4.78 is 35.6. The minimum Gasteiger partial charge on any atom is -0.384 e. The topological polar surface area (TPSA) is 57.6 Å². The van der Waals surface area contributed by atoms with E-state index in [1.165, 1.54) is 12.3 Å². The molecule has 0 aliphatic carbocycles. The maximum Gasteiger partial charge on any atom is 0.148 e. The smallest absolute Gasteiger partial charge is 0.148 e. The maximum atomic E-state index is 13.5. The number of aliphatic hydroxyl groups excluding tert-OH is 1. The van der Waals surface area contributed by atoms with Gasteiger partial charge in [0.25, 0.3) is 0 Å². The van der Waals surface area contributed by atoms with Crippen LogP contribution in [-0.4, -0.2) is 50.6 Å². The summed E-state index contributed by atoms with van der Waals surface area (Å²) in [6.07, 6.45) is 1.20. The van der Waals surface area contributed by atoms with Gasteiger partial charge in [-0.1, -0.05) is 17.9 Å².